The maximum Gasteiger partial charge on any atom is 0.325 e. The first-order valence-electron chi connectivity index (χ1n) is 7.18. The Kier molecular flexibility index (Phi) is 11.0. The molecule has 0 atom stereocenters. The molecule has 0 aromatic rings. The summed E-state index contributed by atoms with van der Waals surface area (Å²) < 4.78 is 0. The Hall–Kier alpha value is -1.14. The van der Waals surface area contributed by atoms with E-state index in [-0.39, 0.29) is 11.9 Å². The molecule has 0 rings (SSSR count). The van der Waals surface area contributed by atoms with Crippen molar-refractivity contribution in [3.05, 3.63) is 0 Å². The Morgan fingerprint density at radius 1 is 0.650 bits per heavy atom. The van der Waals surface area contributed by atoms with E-state index in [1.54, 1.807) is 28.2 Å². The van der Waals surface area contributed by atoms with Crippen LogP contribution in [0.15, 0.2) is 0 Å². The monoisotopic (exact) mass is 288 g/mol. The molecule has 0 N–H and O–H groups in total. The molecular weight excluding hydrogens is 260 g/mol. The van der Waals surface area contributed by atoms with Crippen LogP contribution in [0.2, 0.25) is 0 Å². The first-order chi connectivity index (χ1) is 9.41. The van der Waals surface area contributed by atoms with Gasteiger partial charge in [-0.25, -0.2) is 0 Å². The van der Waals surface area contributed by atoms with Crippen LogP contribution in [0.25, 0.3) is 0 Å². The molecule has 0 aromatic carbocycles. The second-order valence-corrected chi connectivity index (χ2v) is 5.17. The molecule has 0 radical (unpaired) electrons. The van der Waals surface area contributed by atoms with Crippen LogP contribution in [-0.2, 0) is 19.3 Å². The lowest BCUT2D eigenvalue weighted by atomic mass is 10.1. The van der Waals surface area contributed by atoms with Gasteiger partial charge in [0.1, 0.15) is 0 Å². The highest BCUT2D eigenvalue weighted by atomic mass is 16.7. The van der Waals surface area contributed by atoms with E-state index in [0.717, 1.165) is 38.5 Å². The van der Waals surface area contributed by atoms with Gasteiger partial charge in [0.05, 0.1) is 0 Å². The number of hydrogen-bond acceptors (Lipinski definition) is 6. The summed E-state index contributed by atoms with van der Waals surface area (Å²) in [6.45, 7) is 0. The lowest BCUT2D eigenvalue weighted by Gasteiger charge is -2.10. The van der Waals surface area contributed by atoms with E-state index in [0.29, 0.717) is 12.8 Å². The third-order valence-electron chi connectivity index (χ3n) is 2.58. The molecule has 0 aliphatic heterocycles. The molecule has 0 unspecified atom stereocenters. The summed E-state index contributed by atoms with van der Waals surface area (Å²) in [6, 6.07) is 0. The number of carbonyl (C=O) groups is 2. The number of nitrogens with zero attached hydrogens (tertiary/aromatic N) is 2. The standard InChI is InChI=1S/C14H28N2O4/c1-15(2)19-13(17)11-9-7-5-6-8-10-12-14(18)20-16(3)4/h5-12H2,1-4H3. The minimum absolute atomic E-state index is 0.179. The fourth-order valence-corrected chi connectivity index (χ4v) is 1.74. The molecule has 0 heterocycles. The molecule has 0 aromatic heterocycles. The zero-order valence-electron chi connectivity index (χ0n) is 13.2. The molecule has 0 saturated carbocycles. The van der Waals surface area contributed by atoms with Crippen LogP contribution in [0.1, 0.15) is 51.4 Å². The van der Waals surface area contributed by atoms with Crippen LogP contribution >= 0.6 is 0 Å². The smallest absolute Gasteiger partial charge is 0.325 e. The summed E-state index contributed by atoms with van der Waals surface area (Å²) in [7, 11) is 6.77. The van der Waals surface area contributed by atoms with Gasteiger partial charge in [-0.2, -0.15) is 0 Å². The van der Waals surface area contributed by atoms with Crippen molar-refractivity contribution >= 4 is 11.9 Å². The summed E-state index contributed by atoms with van der Waals surface area (Å²) in [6.07, 6.45) is 6.84. The van der Waals surface area contributed by atoms with Crippen LogP contribution in [-0.4, -0.2) is 50.3 Å². The lowest BCUT2D eigenvalue weighted by Crippen LogP contribution is -2.18. The van der Waals surface area contributed by atoms with Crippen molar-refractivity contribution < 1.29 is 19.3 Å². The Balaban J connectivity index is 3.29. The maximum atomic E-state index is 11.2. The molecule has 0 amide bonds. The number of unbranched alkanes of at least 4 members (excludes halogenated alkanes) is 5. The van der Waals surface area contributed by atoms with Crippen molar-refractivity contribution in [3.8, 4) is 0 Å². The van der Waals surface area contributed by atoms with Gasteiger partial charge in [0.2, 0.25) is 0 Å². The van der Waals surface area contributed by atoms with Crippen molar-refractivity contribution in [3.63, 3.8) is 0 Å². The fourth-order valence-electron chi connectivity index (χ4n) is 1.74. The maximum absolute atomic E-state index is 11.2. The second-order valence-electron chi connectivity index (χ2n) is 5.17. The molecule has 0 fully saturated rings. The van der Waals surface area contributed by atoms with E-state index in [9.17, 15) is 9.59 Å². The van der Waals surface area contributed by atoms with E-state index >= 15 is 0 Å². The normalized spacial score (nSPS) is 10.9. The van der Waals surface area contributed by atoms with Gasteiger partial charge in [-0.15, -0.1) is 10.1 Å². The summed E-state index contributed by atoms with van der Waals surface area (Å²) in [5.74, 6) is -0.358. The summed E-state index contributed by atoms with van der Waals surface area (Å²) in [4.78, 5) is 32.2. The summed E-state index contributed by atoms with van der Waals surface area (Å²) in [5, 5.41) is 2.82. The summed E-state index contributed by atoms with van der Waals surface area (Å²) >= 11 is 0. The highest BCUT2D eigenvalue weighted by molar-refractivity contribution is 5.69. The van der Waals surface area contributed by atoms with Crippen molar-refractivity contribution in [1.82, 2.24) is 10.1 Å². The van der Waals surface area contributed by atoms with Gasteiger partial charge in [0, 0.05) is 41.0 Å². The Bertz CT molecular complexity index is 252. The second kappa shape index (κ2) is 11.7. The van der Waals surface area contributed by atoms with Gasteiger partial charge in [0.15, 0.2) is 0 Å². The lowest BCUT2D eigenvalue weighted by molar-refractivity contribution is -0.179. The first kappa shape index (κ1) is 18.9. The molecule has 6 nitrogen and oxygen atoms in total. The fraction of sp³-hybridized carbons (Fsp3) is 0.857. The molecule has 6 heteroatoms. The number of rotatable bonds is 11. The quantitative estimate of drug-likeness (QED) is 0.429. The number of hydroxylamine groups is 4. The highest BCUT2D eigenvalue weighted by Gasteiger charge is 2.05. The van der Waals surface area contributed by atoms with E-state index in [4.69, 9.17) is 9.68 Å². The molecule has 0 aliphatic carbocycles. The van der Waals surface area contributed by atoms with E-state index in [1.807, 2.05) is 0 Å². The molecule has 20 heavy (non-hydrogen) atoms. The van der Waals surface area contributed by atoms with Crippen LogP contribution in [0, 0.1) is 0 Å². The van der Waals surface area contributed by atoms with Gasteiger partial charge in [0.25, 0.3) is 0 Å². The van der Waals surface area contributed by atoms with Crippen LogP contribution in [0.4, 0.5) is 0 Å². The van der Waals surface area contributed by atoms with E-state index in [2.05, 4.69) is 0 Å². The SMILES string of the molecule is CN(C)OC(=O)CCCCCCCCC(=O)ON(C)C. The van der Waals surface area contributed by atoms with Gasteiger partial charge >= 0.3 is 11.9 Å². The van der Waals surface area contributed by atoms with E-state index < -0.39 is 0 Å². The topological polar surface area (TPSA) is 59.1 Å². The zero-order valence-corrected chi connectivity index (χ0v) is 13.2. The molecule has 0 aliphatic rings. The largest absolute Gasteiger partial charge is 0.369 e. The van der Waals surface area contributed by atoms with Gasteiger partial charge in [-0.05, 0) is 12.8 Å². The van der Waals surface area contributed by atoms with Crippen molar-refractivity contribution in [2.24, 2.45) is 0 Å². The zero-order chi connectivity index (χ0) is 15.4. The first-order valence-corrected chi connectivity index (χ1v) is 7.18. The summed E-state index contributed by atoms with van der Waals surface area (Å²) in [5.41, 5.74) is 0. The van der Waals surface area contributed by atoms with Crippen LogP contribution in [0.5, 0.6) is 0 Å². The minimum Gasteiger partial charge on any atom is -0.369 e. The predicted octanol–water partition coefficient (Wildman–Crippen LogP) is 2.15. The van der Waals surface area contributed by atoms with E-state index in [1.165, 1.54) is 10.1 Å². The Labute approximate surface area is 121 Å². The molecule has 0 spiro atoms. The van der Waals surface area contributed by atoms with Gasteiger partial charge in [-0.3, -0.25) is 9.59 Å². The third kappa shape index (κ3) is 13.3. The van der Waals surface area contributed by atoms with Gasteiger partial charge in [-0.1, -0.05) is 25.7 Å². The van der Waals surface area contributed by atoms with Crippen LogP contribution < -0.4 is 0 Å². The highest BCUT2D eigenvalue weighted by Crippen LogP contribution is 2.09. The van der Waals surface area contributed by atoms with Crippen molar-refractivity contribution in [2.45, 2.75) is 51.4 Å². The number of hydrogen-bond donors (Lipinski definition) is 0. The molecule has 0 bridgehead atoms. The van der Waals surface area contributed by atoms with Crippen LogP contribution in [0.3, 0.4) is 0 Å². The molecule has 0 saturated heterocycles. The minimum atomic E-state index is -0.179. The Morgan fingerprint density at radius 2 is 0.950 bits per heavy atom. The average Bonchev–Trinajstić information content (AvgIpc) is 2.30. The van der Waals surface area contributed by atoms with Gasteiger partial charge < -0.3 is 9.68 Å². The molecule has 118 valence electrons. The van der Waals surface area contributed by atoms with Crippen molar-refractivity contribution in [1.29, 1.82) is 0 Å². The predicted molar refractivity (Wildman–Crippen MR) is 76.5 cm³/mol. The average molecular weight is 288 g/mol. The Morgan fingerprint density at radius 3 is 1.25 bits per heavy atom. The van der Waals surface area contributed by atoms with Crippen molar-refractivity contribution in [2.75, 3.05) is 28.2 Å². The third-order valence-corrected chi connectivity index (χ3v) is 2.58. The molecular formula is C14H28N2O4. The number of carbonyl (C=O) groups excluding carboxylic acids is 2.